The molecule has 1 amide bonds. The van der Waals surface area contributed by atoms with Crippen LogP contribution in [0.2, 0.25) is 0 Å². The van der Waals surface area contributed by atoms with Crippen molar-refractivity contribution < 1.29 is 14.3 Å². The monoisotopic (exact) mass is 354 g/mol. The van der Waals surface area contributed by atoms with Crippen molar-refractivity contribution in [1.29, 1.82) is 0 Å². The van der Waals surface area contributed by atoms with Crippen LogP contribution in [0.5, 0.6) is 0 Å². The molecule has 1 aromatic rings. The zero-order valence-electron chi connectivity index (χ0n) is 12.0. The van der Waals surface area contributed by atoms with Crippen LogP contribution in [0.15, 0.2) is 22.7 Å². The van der Waals surface area contributed by atoms with Gasteiger partial charge in [0.05, 0.1) is 12.2 Å². The van der Waals surface area contributed by atoms with E-state index < -0.39 is 6.04 Å². The van der Waals surface area contributed by atoms with E-state index in [-0.39, 0.29) is 11.9 Å². The quantitative estimate of drug-likeness (QED) is 0.668. The molecule has 21 heavy (non-hydrogen) atoms. The Hall–Kier alpha value is -1.56. The van der Waals surface area contributed by atoms with Gasteiger partial charge in [-0.3, -0.25) is 4.79 Å². The summed E-state index contributed by atoms with van der Waals surface area (Å²) < 4.78 is 5.76. The number of esters is 1. The number of piperidine rings is 1. The van der Waals surface area contributed by atoms with Gasteiger partial charge < -0.3 is 15.4 Å². The number of likely N-dealkylation sites (tertiary alicyclic amines) is 1. The third-order valence-corrected chi connectivity index (χ3v) is 4.23. The Labute approximate surface area is 132 Å². The van der Waals surface area contributed by atoms with Crippen LogP contribution in [-0.4, -0.2) is 36.0 Å². The number of rotatable bonds is 3. The molecule has 1 aliphatic rings. The Morgan fingerprint density at radius 3 is 2.90 bits per heavy atom. The second-order valence-corrected chi connectivity index (χ2v) is 5.86. The van der Waals surface area contributed by atoms with E-state index >= 15 is 0 Å². The Balaban J connectivity index is 2.26. The van der Waals surface area contributed by atoms with Crippen LogP contribution in [-0.2, 0) is 9.53 Å². The Morgan fingerprint density at radius 2 is 2.19 bits per heavy atom. The highest BCUT2D eigenvalue weighted by atomic mass is 79.9. The lowest BCUT2D eigenvalue weighted by atomic mass is 10.0. The van der Waals surface area contributed by atoms with Crippen molar-refractivity contribution in [3.8, 4) is 0 Å². The zero-order valence-corrected chi connectivity index (χ0v) is 13.6. The Kier molecular flexibility index (Phi) is 5.22. The minimum Gasteiger partial charge on any atom is -0.464 e. The fourth-order valence-electron chi connectivity index (χ4n) is 2.52. The lowest BCUT2D eigenvalue weighted by molar-refractivity contribution is -0.149. The number of benzene rings is 1. The van der Waals surface area contributed by atoms with Gasteiger partial charge in [-0.15, -0.1) is 0 Å². The van der Waals surface area contributed by atoms with E-state index in [0.29, 0.717) is 35.3 Å². The summed E-state index contributed by atoms with van der Waals surface area (Å²) in [6, 6.07) is 4.59. The summed E-state index contributed by atoms with van der Waals surface area (Å²) in [5.41, 5.74) is 6.75. The predicted molar refractivity (Wildman–Crippen MR) is 83.9 cm³/mol. The predicted octanol–water partition coefficient (Wildman–Crippen LogP) is 2.59. The third-order valence-electron chi connectivity index (χ3n) is 3.54. The maximum Gasteiger partial charge on any atom is 0.328 e. The van der Waals surface area contributed by atoms with E-state index in [9.17, 15) is 9.59 Å². The van der Waals surface area contributed by atoms with E-state index in [1.54, 1.807) is 30.0 Å². The van der Waals surface area contributed by atoms with Gasteiger partial charge in [0.15, 0.2) is 0 Å². The minimum absolute atomic E-state index is 0.188. The Bertz CT molecular complexity index is 548. The summed E-state index contributed by atoms with van der Waals surface area (Å²) in [7, 11) is 0. The summed E-state index contributed by atoms with van der Waals surface area (Å²) in [6.45, 7) is 2.64. The van der Waals surface area contributed by atoms with Crippen LogP contribution in [0.25, 0.3) is 0 Å². The van der Waals surface area contributed by atoms with Gasteiger partial charge in [-0.2, -0.15) is 0 Å². The molecule has 1 aromatic carbocycles. The molecule has 1 saturated heterocycles. The van der Waals surface area contributed by atoms with E-state index in [0.717, 1.165) is 12.8 Å². The number of ether oxygens (including phenoxy) is 1. The summed E-state index contributed by atoms with van der Waals surface area (Å²) in [6.07, 6.45) is 2.46. The number of nitrogens with two attached hydrogens (primary N) is 1. The summed E-state index contributed by atoms with van der Waals surface area (Å²) in [5.74, 6) is -0.516. The molecule has 1 aliphatic heterocycles. The van der Waals surface area contributed by atoms with Gasteiger partial charge in [0, 0.05) is 16.7 Å². The van der Waals surface area contributed by atoms with Gasteiger partial charge in [-0.05, 0) is 60.3 Å². The molecule has 0 aliphatic carbocycles. The lowest BCUT2D eigenvalue weighted by Crippen LogP contribution is -2.48. The Morgan fingerprint density at radius 1 is 1.43 bits per heavy atom. The first-order valence-corrected chi connectivity index (χ1v) is 7.86. The van der Waals surface area contributed by atoms with Crippen molar-refractivity contribution in [1.82, 2.24) is 4.90 Å². The molecule has 2 N–H and O–H groups in total. The molecular formula is C15H19BrN2O3. The molecule has 114 valence electrons. The van der Waals surface area contributed by atoms with Crippen LogP contribution in [0.1, 0.15) is 36.5 Å². The normalized spacial score (nSPS) is 18.4. The second kappa shape index (κ2) is 6.93. The molecule has 0 spiro atoms. The first kappa shape index (κ1) is 15.8. The largest absolute Gasteiger partial charge is 0.464 e. The number of halogens is 1. The van der Waals surface area contributed by atoms with Crippen molar-refractivity contribution in [3.63, 3.8) is 0 Å². The lowest BCUT2D eigenvalue weighted by Gasteiger charge is -2.34. The number of hydrogen-bond acceptors (Lipinski definition) is 4. The van der Waals surface area contributed by atoms with Gasteiger partial charge in [-0.1, -0.05) is 0 Å². The molecule has 0 bridgehead atoms. The molecule has 2 rings (SSSR count). The van der Waals surface area contributed by atoms with E-state index in [1.807, 2.05) is 0 Å². The average Bonchev–Trinajstić information content (AvgIpc) is 2.49. The summed E-state index contributed by atoms with van der Waals surface area (Å²) in [5, 5.41) is 0. The van der Waals surface area contributed by atoms with Crippen LogP contribution < -0.4 is 5.73 Å². The van der Waals surface area contributed by atoms with Crippen molar-refractivity contribution in [2.75, 3.05) is 18.9 Å². The van der Waals surface area contributed by atoms with E-state index in [2.05, 4.69) is 15.9 Å². The molecule has 1 fully saturated rings. The van der Waals surface area contributed by atoms with Crippen molar-refractivity contribution in [3.05, 3.63) is 28.2 Å². The number of carbonyl (C=O) groups excluding carboxylic acids is 2. The third kappa shape index (κ3) is 3.56. The number of carbonyl (C=O) groups is 2. The molecule has 5 nitrogen and oxygen atoms in total. The molecule has 1 atom stereocenters. The van der Waals surface area contributed by atoms with Gasteiger partial charge in [-0.25, -0.2) is 4.79 Å². The van der Waals surface area contributed by atoms with Crippen molar-refractivity contribution in [2.45, 2.75) is 32.2 Å². The molecule has 0 radical (unpaired) electrons. The topological polar surface area (TPSA) is 72.6 Å². The number of amides is 1. The van der Waals surface area contributed by atoms with Crippen molar-refractivity contribution in [2.24, 2.45) is 0 Å². The fourth-order valence-corrected chi connectivity index (χ4v) is 2.94. The van der Waals surface area contributed by atoms with E-state index in [4.69, 9.17) is 10.5 Å². The highest BCUT2D eigenvalue weighted by Crippen LogP contribution is 2.25. The number of anilines is 1. The number of nitrogen functional groups attached to an aromatic ring is 1. The number of hydrogen-bond donors (Lipinski definition) is 1. The van der Waals surface area contributed by atoms with Crippen molar-refractivity contribution >= 4 is 33.5 Å². The van der Waals surface area contributed by atoms with Crippen LogP contribution in [0.4, 0.5) is 5.69 Å². The zero-order chi connectivity index (χ0) is 15.4. The molecule has 0 saturated carbocycles. The van der Waals surface area contributed by atoms with Gasteiger partial charge >= 0.3 is 5.97 Å². The van der Waals surface area contributed by atoms with Gasteiger partial charge in [0.1, 0.15) is 6.04 Å². The summed E-state index contributed by atoms with van der Waals surface area (Å²) >= 11 is 3.37. The highest BCUT2D eigenvalue weighted by Gasteiger charge is 2.34. The molecule has 0 aromatic heterocycles. The maximum absolute atomic E-state index is 12.7. The number of nitrogens with zero attached hydrogens (tertiary/aromatic N) is 1. The molecule has 1 unspecified atom stereocenters. The average molecular weight is 355 g/mol. The standard InChI is InChI=1S/C15H19BrN2O3/c1-2-21-15(20)13-5-3-4-8-18(13)14(19)11-9-10(17)6-7-12(11)16/h6-7,9,13H,2-5,8,17H2,1H3. The minimum atomic E-state index is -0.500. The molecular weight excluding hydrogens is 336 g/mol. The first-order valence-electron chi connectivity index (χ1n) is 7.07. The molecule has 6 heteroatoms. The smallest absolute Gasteiger partial charge is 0.328 e. The summed E-state index contributed by atoms with van der Waals surface area (Å²) in [4.78, 5) is 26.4. The second-order valence-electron chi connectivity index (χ2n) is 5.00. The molecule has 1 heterocycles. The van der Waals surface area contributed by atoms with E-state index in [1.165, 1.54) is 0 Å². The SMILES string of the molecule is CCOC(=O)C1CCCCN1C(=O)c1cc(N)ccc1Br. The fraction of sp³-hybridized carbons (Fsp3) is 0.467. The van der Waals surface area contributed by atoms with Crippen LogP contribution in [0.3, 0.4) is 0 Å². The maximum atomic E-state index is 12.7. The van der Waals surface area contributed by atoms with Gasteiger partial charge in [0.25, 0.3) is 5.91 Å². The van der Waals surface area contributed by atoms with Crippen LogP contribution >= 0.6 is 15.9 Å². The first-order chi connectivity index (χ1) is 10.0. The van der Waals surface area contributed by atoms with Crippen LogP contribution in [0, 0.1) is 0 Å². The van der Waals surface area contributed by atoms with Gasteiger partial charge in [0.2, 0.25) is 0 Å². The highest BCUT2D eigenvalue weighted by molar-refractivity contribution is 9.10.